The molecule has 1 aromatic rings. The summed E-state index contributed by atoms with van der Waals surface area (Å²) in [4.78, 5) is 16.5. The number of piperidine rings is 1. The first-order valence-corrected chi connectivity index (χ1v) is 8.76. The van der Waals surface area contributed by atoms with Crippen molar-refractivity contribution in [3.63, 3.8) is 0 Å². The van der Waals surface area contributed by atoms with Crippen LogP contribution in [-0.2, 0) is 11.3 Å². The molecule has 24 heavy (non-hydrogen) atoms. The number of carbonyl (C=O) groups is 1. The lowest BCUT2D eigenvalue weighted by molar-refractivity contribution is -0.159. The summed E-state index contributed by atoms with van der Waals surface area (Å²) in [6.07, 6.45) is 3.13. The minimum Gasteiger partial charge on any atom is -0.379 e. The van der Waals surface area contributed by atoms with E-state index in [1.807, 2.05) is 11.9 Å². The second-order valence-electron chi connectivity index (χ2n) is 7.24. The van der Waals surface area contributed by atoms with Gasteiger partial charge in [-0.25, -0.2) is 0 Å². The van der Waals surface area contributed by atoms with Crippen molar-refractivity contribution >= 4 is 5.91 Å². The van der Waals surface area contributed by atoms with Gasteiger partial charge in [-0.05, 0) is 36.9 Å². The first-order valence-electron chi connectivity index (χ1n) is 8.76. The molecule has 0 aliphatic carbocycles. The molecule has 0 saturated carbocycles. The van der Waals surface area contributed by atoms with E-state index in [-0.39, 0.29) is 5.91 Å². The van der Waals surface area contributed by atoms with Gasteiger partial charge < -0.3 is 10.0 Å². The number of amides is 1. The van der Waals surface area contributed by atoms with Gasteiger partial charge in [0.1, 0.15) is 0 Å². The van der Waals surface area contributed by atoms with Crippen LogP contribution < -0.4 is 0 Å². The molecule has 1 aliphatic rings. The Balaban J connectivity index is 2.05. The van der Waals surface area contributed by atoms with Gasteiger partial charge in [-0.1, -0.05) is 44.2 Å². The van der Waals surface area contributed by atoms with Crippen LogP contribution >= 0.6 is 0 Å². The molecule has 0 spiro atoms. The first kappa shape index (κ1) is 18.7. The quantitative estimate of drug-likeness (QED) is 0.782. The molecular weight excluding hydrogens is 300 g/mol. The summed E-state index contributed by atoms with van der Waals surface area (Å²) < 4.78 is 0. The fourth-order valence-electron chi connectivity index (χ4n) is 3.32. The van der Waals surface area contributed by atoms with Gasteiger partial charge in [0.05, 0.1) is 0 Å². The van der Waals surface area contributed by atoms with Crippen molar-refractivity contribution in [1.29, 1.82) is 0 Å². The first-order chi connectivity index (χ1) is 11.4. The molecule has 1 heterocycles. The summed E-state index contributed by atoms with van der Waals surface area (Å²) in [7, 11) is 1.90. The van der Waals surface area contributed by atoms with Crippen LogP contribution in [0.25, 0.3) is 0 Å². The highest BCUT2D eigenvalue weighted by Gasteiger charge is 2.42. The molecule has 1 aromatic carbocycles. The van der Waals surface area contributed by atoms with Gasteiger partial charge in [0.25, 0.3) is 5.91 Å². The molecule has 0 bridgehead atoms. The van der Waals surface area contributed by atoms with E-state index in [1.54, 1.807) is 11.0 Å². The highest BCUT2D eigenvalue weighted by Crippen LogP contribution is 2.25. The fourth-order valence-corrected chi connectivity index (χ4v) is 3.32. The SMILES string of the molecule is C=CCN(C)C[C@]1(O)CCCN(Cc2ccc(C(C)C)cc2)C1=O. The van der Waals surface area contributed by atoms with Crippen LogP contribution in [0.2, 0.25) is 0 Å². The van der Waals surface area contributed by atoms with Crippen molar-refractivity contribution in [2.24, 2.45) is 0 Å². The molecule has 0 radical (unpaired) electrons. The molecular formula is C20H30N2O2. The molecule has 1 aliphatic heterocycles. The largest absolute Gasteiger partial charge is 0.379 e. The monoisotopic (exact) mass is 330 g/mol. The Morgan fingerprint density at radius 3 is 2.62 bits per heavy atom. The molecule has 1 amide bonds. The minimum absolute atomic E-state index is 0.155. The van der Waals surface area contributed by atoms with E-state index in [2.05, 4.69) is 44.7 Å². The van der Waals surface area contributed by atoms with Crippen LogP contribution in [0.15, 0.2) is 36.9 Å². The Kier molecular flexibility index (Phi) is 6.19. The molecule has 1 fully saturated rings. The third-order valence-electron chi connectivity index (χ3n) is 4.70. The Morgan fingerprint density at radius 2 is 2.04 bits per heavy atom. The molecule has 1 saturated heterocycles. The van der Waals surface area contributed by atoms with Gasteiger partial charge in [-0.15, -0.1) is 6.58 Å². The normalized spacial score (nSPS) is 21.6. The van der Waals surface area contributed by atoms with Crippen molar-refractivity contribution < 1.29 is 9.90 Å². The number of hydrogen-bond acceptors (Lipinski definition) is 3. The molecule has 0 unspecified atom stereocenters. The van der Waals surface area contributed by atoms with Crippen LogP contribution in [0.1, 0.15) is 43.7 Å². The average Bonchev–Trinajstić information content (AvgIpc) is 2.52. The van der Waals surface area contributed by atoms with E-state index in [0.29, 0.717) is 38.5 Å². The Labute approximate surface area is 145 Å². The summed E-state index contributed by atoms with van der Waals surface area (Å²) in [6.45, 7) is 10.3. The predicted molar refractivity (Wildman–Crippen MR) is 97.8 cm³/mol. The van der Waals surface area contributed by atoms with E-state index in [4.69, 9.17) is 0 Å². The number of carbonyl (C=O) groups excluding carboxylic acids is 1. The Morgan fingerprint density at radius 1 is 1.38 bits per heavy atom. The van der Waals surface area contributed by atoms with Crippen LogP contribution in [0, 0.1) is 0 Å². The lowest BCUT2D eigenvalue weighted by Gasteiger charge is -2.40. The predicted octanol–water partition coefficient (Wildman–Crippen LogP) is 2.78. The zero-order chi connectivity index (χ0) is 17.7. The van der Waals surface area contributed by atoms with Crippen LogP contribution in [0.4, 0.5) is 0 Å². The summed E-state index contributed by atoms with van der Waals surface area (Å²) in [5.41, 5.74) is 1.12. The van der Waals surface area contributed by atoms with Crippen LogP contribution in [0.5, 0.6) is 0 Å². The number of nitrogens with zero attached hydrogens (tertiary/aromatic N) is 2. The Hall–Kier alpha value is -1.65. The molecule has 4 nitrogen and oxygen atoms in total. The molecule has 1 atom stereocenters. The van der Waals surface area contributed by atoms with Crippen molar-refractivity contribution in [2.45, 2.75) is 44.8 Å². The maximum atomic E-state index is 12.8. The van der Waals surface area contributed by atoms with E-state index in [0.717, 1.165) is 12.0 Å². The second-order valence-corrected chi connectivity index (χ2v) is 7.24. The average molecular weight is 330 g/mol. The highest BCUT2D eigenvalue weighted by atomic mass is 16.3. The Bertz CT molecular complexity index is 568. The van der Waals surface area contributed by atoms with Gasteiger partial charge in [0.2, 0.25) is 0 Å². The zero-order valence-corrected chi connectivity index (χ0v) is 15.2. The standard InChI is InChI=1S/C20H30N2O2/c1-5-12-21(4)15-20(24)11-6-13-22(19(20)23)14-17-7-9-18(10-8-17)16(2)3/h5,7-10,16,24H,1,6,11-15H2,2-4H3/t20-/m1/s1. The summed E-state index contributed by atoms with van der Waals surface area (Å²) >= 11 is 0. The number of rotatable bonds is 7. The smallest absolute Gasteiger partial charge is 0.256 e. The molecule has 4 heteroatoms. The third-order valence-corrected chi connectivity index (χ3v) is 4.70. The van der Waals surface area contributed by atoms with Crippen molar-refractivity contribution in [2.75, 3.05) is 26.7 Å². The lowest BCUT2D eigenvalue weighted by atomic mass is 9.90. The van der Waals surface area contributed by atoms with Crippen LogP contribution in [0.3, 0.4) is 0 Å². The topological polar surface area (TPSA) is 43.8 Å². The molecule has 0 aromatic heterocycles. The van der Waals surface area contributed by atoms with Gasteiger partial charge in [-0.3, -0.25) is 9.69 Å². The highest BCUT2D eigenvalue weighted by molar-refractivity contribution is 5.86. The van der Waals surface area contributed by atoms with Crippen LogP contribution in [-0.4, -0.2) is 53.1 Å². The second kappa shape index (κ2) is 7.95. The third kappa shape index (κ3) is 4.46. The number of likely N-dealkylation sites (tertiary alicyclic amines) is 1. The van der Waals surface area contributed by atoms with Crippen molar-refractivity contribution in [3.8, 4) is 0 Å². The molecule has 1 N–H and O–H groups in total. The number of aliphatic hydroxyl groups is 1. The van der Waals surface area contributed by atoms with Gasteiger partial charge >= 0.3 is 0 Å². The van der Waals surface area contributed by atoms with E-state index >= 15 is 0 Å². The fraction of sp³-hybridized carbons (Fsp3) is 0.550. The number of benzene rings is 1. The molecule has 132 valence electrons. The number of likely N-dealkylation sites (N-methyl/N-ethyl adjacent to an activating group) is 1. The zero-order valence-electron chi connectivity index (χ0n) is 15.2. The van der Waals surface area contributed by atoms with Crippen molar-refractivity contribution in [3.05, 3.63) is 48.0 Å². The minimum atomic E-state index is -1.28. The summed E-state index contributed by atoms with van der Waals surface area (Å²) in [5, 5.41) is 10.8. The van der Waals surface area contributed by atoms with Gasteiger partial charge in [0.15, 0.2) is 5.60 Å². The lowest BCUT2D eigenvalue weighted by Crippen LogP contribution is -2.57. The maximum Gasteiger partial charge on any atom is 0.256 e. The van der Waals surface area contributed by atoms with Crippen molar-refractivity contribution in [1.82, 2.24) is 9.80 Å². The van der Waals surface area contributed by atoms with Gasteiger partial charge in [0, 0.05) is 26.2 Å². The van der Waals surface area contributed by atoms with Gasteiger partial charge in [-0.2, -0.15) is 0 Å². The number of hydrogen-bond donors (Lipinski definition) is 1. The summed E-state index contributed by atoms with van der Waals surface area (Å²) in [6, 6.07) is 8.41. The van der Waals surface area contributed by atoms with E-state index in [9.17, 15) is 9.90 Å². The summed E-state index contributed by atoms with van der Waals surface area (Å²) in [5.74, 6) is 0.346. The van der Waals surface area contributed by atoms with E-state index < -0.39 is 5.60 Å². The maximum absolute atomic E-state index is 12.8. The van der Waals surface area contributed by atoms with E-state index in [1.165, 1.54) is 5.56 Å². The molecule has 2 rings (SSSR count).